The van der Waals surface area contributed by atoms with E-state index in [1.54, 1.807) is 0 Å². The normalized spacial score (nSPS) is 22.9. The third kappa shape index (κ3) is 2.82. The van der Waals surface area contributed by atoms with Crippen LogP contribution in [-0.2, 0) is 0 Å². The van der Waals surface area contributed by atoms with E-state index in [4.69, 9.17) is 0 Å². The maximum atomic E-state index is 4.40. The molecule has 0 aromatic rings. The van der Waals surface area contributed by atoms with Crippen LogP contribution in [0.5, 0.6) is 0 Å². The van der Waals surface area contributed by atoms with Crippen molar-refractivity contribution < 1.29 is 0 Å². The molecule has 0 fully saturated rings. The monoisotopic (exact) mass is 220 g/mol. The van der Waals surface area contributed by atoms with E-state index >= 15 is 0 Å². The average molecular weight is 220 g/mol. The largest absolute Gasteiger partial charge is 0.288 e. The molecule has 1 atom stereocenters. The van der Waals surface area contributed by atoms with Gasteiger partial charge in [0.1, 0.15) is 6.17 Å². The van der Waals surface area contributed by atoms with Gasteiger partial charge in [-0.1, -0.05) is 39.7 Å². The van der Waals surface area contributed by atoms with Gasteiger partial charge in [-0.05, 0) is 30.1 Å². The van der Waals surface area contributed by atoms with Crippen LogP contribution in [0.15, 0.2) is 27.8 Å². The highest BCUT2D eigenvalue weighted by Gasteiger charge is 2.27. The quantitative estimate of drug-likeness (QED) is 0.720. The Balaban J connectivity index is 0.000000386. The van der Waals surface area contributed by atoms with E-state index in [1.165, 1.54) is 23.1 Å². The molecular weight excluding hydrogens is 196 g/mol. The minimum Gasteiger partial charge on any atom is -0.288 e. The number of rotatable bonds is 1. The van der Waals surface area contributed by atoms with Crippen molar-refractivity contribution in [1.82, 2.24) is 5.32 Å². The maximum absolute atomic E-state index is 4.40. The minimum absolute atomic E-state index is 0.238. The molecule has 0 saturated heterocycles. The molecule has 2 rings (SSSR count). The summed E-state index contributed by atoms with van der Waals surface area (Å²) in [7, 11) is 0. The second-order valence-electron chi connectivity index (χ2n) is 4.76. The van der Waals surface area contributed by atoms with Gasteiger partial charge < -0.3 is 0 Å². The Labute approximate surface area is 99.5 Å². The molecule has 90 valence electrons. The van der Waals surface area contributed by atoms with Crippen LogP contribution in [-0.4, -0.2) is 18.9 Å². The van der Waals surface area contributed by atoms with E-state index in [2.05, 4.69) is 51.0 Å². The number of hydrogen-bond donors (Lipinski definition) is 1. The summed E-state index contributed by atoms with van der Waals surface area (Å²) in [5.41, 5.74) is 4.32. The summed E-state index contributed by atoms with van der Waals surface area (Å²) in [5, 5.41) is 3.38. The number of hydrogen-bond acceptors (Lipinski definition) is 2. The first kappa shape index (κ1) is 13.2. The van der Waals surface area contributed by atoms with Crippen LogP contribution < -0.4 is 5.32 Å². The van der Waals surface area contributed by atoms with Crippen LogP contribution in [0.4, 0.5) is 0 Å². The molecule has 0 aromatic carbocycles. The molecule has 0 amide bonds. The molecule has 1 unspecified atom stereocenters. The molecule has 2 aliphatic heterocycles. The molecule has 0 aliphatic carbocycles. The molecule has 0 aromatic heterocycles. The molecule has 0 spiro atoms. The summed E-state index contributed by atoms with van der Waals surface area (Å²) in [6, 6.07) is 0. The highest BCUT2D eigenvalue weighted by Crippen LogP contribution is 2.30. The fraction of sp³-hybridized carbons (Fsp3) is 0.643. The fourth-order valence-electron chi connectivity index (χ4n) is 2.01. The molecule has 1 N–H and O–H groups in total. The van der Waals surface area contributed by atoms with Gasteiger partial charge in [-0.2, -0.15) is 0 Å². The van der Waals surface area contributed by atoms with Gasteiger partial charge in [0.15, 0.2) is 0 Å². The maximum Gasteiger partial charge on any atom is 0.126 e. The van der Waals surface area contributed by atoms with Gasteiger partial charge in [-0.3, -0.25) is 10.3 Å². The average Bonchev–Trinajstić information content (AvgIpc) is 2.62. The number of dihydropyridines is 1. The molecular formula is C14H24N2. The van der Waals surface area contributed by atoms with E-state index in [0.717, 1.165) is 6.54 Å². The third-order valence-corrected chi connectivity index (χ3v) is 2.72. The Bertz CT molecular complexity index is 322. The standard InChI is InChI=1S/C11H16N2.C3H8/c1-7(2)9-4-5-12-11-10(9)8(3)6-13-11;1-3-2/h4-5,7,11,13H,6H2,1-3H3;3H2,1-2H3. The van der Waals surface area contributed by atoms with Crippen molar-refractivity contribution in [3.05, 3.63) is 22.8 Å². The zero-order chi connectivity index (χ0) is 12.1. The van der Waals surface area contributed by atoms with Crippen molar-refractivity contribution in [3.63, 3.8) is 0 Å². The predicted molar refractivity (Wildman–Crippen MR) is 71.9 cm³/mol. The Morgan fingerprint density at radius 1 is 1.44 bits per heavy atom. The topological polar surface area (TPSA) is 24.4 Å². The summed E-state index contributed by atoms with van der Waals surface area (Å²) in [6.45, 7) is 11.9. The third-order valence-electron chi connectivity index (χ3n) is 2.72. The molecule has 2 heterocycles. The van der Waals surface area contributed by atoms with Crippen molar-refractivity contribution in [1.29, 1.82) is 0 Å². The SMILES string of the molecule is CC1=C2C(C(C)C)=CC=NC2NC1.CCC. The Morgan fingerprint density at radius 2 is 2.06 bits per heavy atom. The lowest BCUT2D eigenvalue weighted by Gasteiger charge is -2.20. The van der Waals surface area contributed by atoms with E-state index < -0.39 is 0 Å². The molecule has 16 heavy (non-hydrogen) atoms. The lowest BCUT2D eigenvalue weighted by atomic mass is 9.90. The summed E-state index contributed by atoms with van der Waals surface area (Å²) >= 11 is 0. The Kier molecular flexibility index (Phi) is 4.94. The van der Waals surface area contributed by atoms with E-state index in [0.29, 0.717) is 5.92 Å². The van der Waals surface area contributed by atoms with Gasteiger partial charge >= 0.3 is 0 Å². The van der Waals surface area contributed by atoms with Crippen LogP contribution in [0.25, 0.3) is 0 Å². The molecule has 0 saturated carbocycles. The van der Waals surface area contributed by atoms with Crippen molar-refractivity contribution in [3.8, 4) is 0 Å². The Morgan fingerprint density at radius 3 is 2.62 bits per heavy atom. The van der Waals surface area contributed by atoms with E-state index in [9.17, 15) is 0 Å². The first-order chi connectivity index (χ1) is 7.61. The first-order valence-corrected chi connectivity index (χ1v) is 6.28. The summed E-state index contributed by atoms with van der Waals surface area (Å²) in [6.07, 6.45) is 5.56. The molecule has 2 aliphatic rings. The zero-order valence-electron chi connectivity index (χ0n) is 11.2. The van der Waals surface area contributed by atoms with Crippen LogP contribution in [0.1, 0.15) is 41.0 Å². The molecule has 0 radical (unpaired) electrons. The molecule has 0 bridgehead atoms. The minimum atomic E-state index is 0.238. The Hall–Kier alpha value is -0.890. The highest BCUT2D eigenvalue weighted by atomic mass is 15.1. The number of nitrogens with one attached hydrogen (secondary N) is 1. The zero-order valence-corrected chi connectivity index (χ0v) is 11.2. The van der Waals surface area contributed by atoms with Crippen LogP contribution in [0.3, 0.4) is 0 Å². The van der Waals surface area contributed by atoms with Crippen LogP contribution in [0, 0.1) is 5.92 Å². The predicted octanol–water partition coefficient (Wildman–Crippen LogP) is 3.32. The van der Waals surface area contributed by atoms with Crippen molar-refractivity contribution in [2.75, 3.05) is 6.54 Å². The number of fused-ring (bicyclic) bond motifs is 1. The second kappa shape index (κ2) is 6.00. The van der Waals surface area contributed by atoms with Gasteiger partial charge in [-0.15, -0.1) is 0 Å². The van der Waals surface area contributed by atoms with Crippen LogP contribution >= 0.6 is 0 Å². The summed E-state index contributed by atoms with van der Waals surface area (Å²) < 4.78 is 0. The van der Waals surface area contributed by atoms with Crippen molar-refractivity contribution in [2.45, 2.75) is 47.2 Å². The smallest absolute Gasteiger partial charge is 0.126 e. The van der Waals surface area contributed by atoms with Gasteiger partial charge in [-0.25, -0.2) is 0 Å². The summed E-state index contributed by atoms with van der Waals surface area (Å²) in [4.78, 5) is 4.40. The number of nitrogens with zero attached hydrogens (tertiary/aromatic N) is 1. The van der Waals surface area contributed by atoms with Gasteiger partial charge in [0.05, 0.1) is 0 Å². The molecule has 2 nitrogen and oxygen atoms in total. The van der Waals surface area contributed by atoms with Crippen molar-refractivity contribution >= 4 is 6.21 Å². The van der Waals surface area contributed by atoms with Gasteiger partial charge in [0, 0.05) is 12.8 Å². The summed E-state index contributed by atoms with van der Waals surface area (Å²) in [5.74, 6) is 0.596. The second-order valence-corrected chi connectivity index (χ2v) is 4.76. The number of aliphatic imine (C=N–C) groups is 1. The van der Waals surface area contributed by atoms with Gasteiger partial charge in [0.2, 0.25) is 0 Å². The fourth-order valence-corrected chi connectivity index (χ4v) is 2.01. The van der Waals surface area contributed by atoms with E-state index in [-0.39, 0.29) is 6.17 Å². The van der Waals surface area contributed by atoms with Crippen molar-refractivity contribution in [2.24, 2.45) is 10.9 Å². The highest BCUT2D eigenvalue weighted by molar-refractivity contribution is 5.77. The lowest BCUT2D eigenvalue weighted by molar-refractivity contribution is 0.653. The first-order valence-electron chi connectivity index (χ1n) is 6.28. The lowest BCUT2D eigenvalue weighted by Crippen LogP contribution is -2.26. The van der Waals surface area contributed by atoms with E-state index in [1.807, 2.05) is 6.21 Å². The molecule has 2 heteroatoms. The van der Waals surface area contributed by atoms with Gasteiger partial charge in [0.25, 0.3) is 0 Å². The number of allylic oxidation sites excluding steroid dienone is 1. The van der Waals surface area contributed by atoms with Crippen LogP contribution in [0.2, 0.25) is 0 Å².